The van der Waals surface area contributed by atoms with Crippen LogP contribution in [0.15, 0.2) is 24.3 Å². The first-order valence-electron chi connectivity index (χ1n) is 6.71. The molecular formula is C15H20N2O2. The summed E-state index contributed by atoms with van der Waals surface area (Å²) < 4.78 is 0. The average Bonchev–Trinajstić information content (AvgIpc) is 2.74. The summed E-state index contributed by atoms with van der Waals surface area (Å²) in [5.41, 5.74) is 2.31. The van der Waals surface area contributed by atoms with Crippen LogP contribution in [0.25, 0.3) is 0 Å². The SMILES string of the molecule is CCNC(=O)C1CC(=O)N(Cc2ccc(C)cc2)C1. The van der Waals surface area contributed by atoms with Crippen molar-refractivity contribution >= 4 is 11.8 Å². The molecule has 1 aromatic carbocycles. The lowest BCUT2D eigenvalue weighted by Crippen LogP contribution is -2.32. The fourth-order valence-electron chi connectivity index (χ4n) is 2.33. The Morgan fingerprint density at radius 2 is 2.05 bits per heavy atom. The minimum Gasteiger partial charge on any atom is -0.356 e. The third-order valence-electron chi connectivity index (χ3n) is 3.43. The first-order valence-corrected chi connectivity index (χ1v) is 6.71. The van der Waals surface area contributed by atoms with Gasteiger partial charge in [-0.05, 0) is 19.4 Å². The van der Waals surface area contributed by atoms with Gasteiger partial charge in [0.25, 0.3) is 0 Å². The number of likely N-dealkylation sites (tertiary alicyclic amines) is 1. The lowest BCUT2D eigenvalue weighted by atomic mass is 10.1. The van der Waals surface area contributed by atoms with Crippen LogP contribution < -0.4 is 5.32 Å². The molecule has 0 radical (unpaired) electrons. The van der Waals surface area contributed by atoms with Crippen molar-refractivity contribution in [2.75, 3.05) is 13.1 Å². The van der Waals surface area contributed by atoms with Crippen LogP contribution >= 0.6 is 0 Å². The second-order valence-corrected chi connectivity index (χ2v) is 5.06. The van der Waals surface area contributed by atoms with Crippen molar-refractivity contribution in [1.29, 1.82) is 0 Å². The molecule has 1 aliphatic heterocycles. The summed E-state index contributed by atoms with van der Waals surface area (Å²) in [4.78, 5) is 25.4. The van der Waals surface area contributed by atoms with Gasteiger partial charge in [0.05, 0.1) is 5.92 Å². The van der Waals surface area contributed by atoms with Crippen molar-refractivity contribution in [2.45, 2.75) is 26.8 Å². The van der Waals surface area contributed by atoms with E-state index in [4.69, 9.17) is 0 Å². The van der Waals surface area contributed by atoms with Gasteiger partial charge in [-0.3, -0.25) is 9.59 Å². The van der Waals surface area contributed by atoms with Gasteiger partial charge in [0, 0.05) is 26.1 Å². The second kappa shape index (κ2) is 5.87. The number of hydrogen-bond acceptors (Lipinski definition) is 2. The minimum atomic E-state index is -0.196. The van der Waals surface area contributed by atoms with Crippen molar-refractivity contribution in [1.82, 2.24) is 10.2 Å². The molecule has 2 amide bonds. The topological polar surface area (TPSA) is 49.4 Å². The molecule has 4 nitrogen and oxygen atoms in total. The van der Waals surface area contributed by atoms with Crippen LogP contribution in [0.3, 0.4) is 0 Å². The lowest BCUT2D eigenvalue weighted by Gasteiger charge is -2.16. The van der Waals surface area contributed by atoms with E-state index in [0.717, 1.165) is 5.56 Å². The van der Waals surface area contributed by atoms with Gasteiger partial charge in [-0.15, -0.1) is 0 Å². The summed E-state index contributed by atoms with van der Waals surface area (Å²) in [6.45, 7) is 5.66. The molecule has 0 aromatic heterocycles. The Hall–Kier alpha value is -1.84. The molecule has 1 N–H and O–H groups in total. The molecule has 2 rings (SSSR count). The number of nitrogens with zero attached hydrogens (tertiary/aromatic N) is 1. The largest absolute Gasteiger partial charge is 0.356 e. The third kappa shape index (κ3) is 3.34. The summed E-state index contributed by atoms with van der Waals surface area (Å²) in [7, 11) is 0. The van der Waals surface area contributed by atoms with Crippen molar-refractivity contribution in [3.8, 4) is 0 Å². The number of carbonyl (C=O) groups is 2. The van der Waals surface area contributed by atoms with E-state index in [1.807, 2.05) is 38.1 Å². The summed E-state index contributed by atoms with van der Waals surface area (Å²) in [5.74, 6) is -0.142. The Morgan fingerprint density at radius 3 is 2.68 bits per heavy atom. The normalized spacial score (nSPS) is 18.7. The predicted molar refractivity (Wildman–Crippen MR) is 73.4 cm³/mol. The highest BCUT2D eigenvalue weighted by Crippen LogP contribution is 2.20. The highest BCUT2D eigenvalue weighted by molar-refractivity contribution is 5.89. The zero-order valence-corrected chi connectivity index (χ0v) is 11.5. The summed E-state index contributed by atoms with van der Waals surface area (Å²) in [6, 6.07) is 8.14. The smallest absolute Gasteiger partial charge is 0.225 e. The molecule has 0 saturated carbocycles. The van der Waals surface area contributed by atoms with E-state index in [-0.39, 0.29) is 17.7 Å². The first-order chi connectivity index (χ1) is 9.10. The standard InChI is InChI=1S/C15H20N2O2/c1-3-16-15(19)13-8-14(18)17(10-13)9-12-6-4-11(2)5-7-12/h4-7,13H,3,8-10H2,1-2H3,(H,16,19). The average molecular weight is 260 g/mol. The van der Waals surface area contributed by atoms with E-state index in [9.17, 15) is 9.59 Å². The Labute approximate surface area is 113 Å². The quantitative estimate of drug-likeness (QED) is 0.891. The molecule has 0 aliphatic carbocycles. The van der Waals surface area contributed by atoms with Crippen LogP contribution in [0.5, 0.6) is 0 Å². The van der Waals surface area contributed by atoms with Gasteiger partial charge in [0.2, 0.25) is 11.8 Å². The summed E-state index contributed by atoms with van der Waals surface area (Å²) >= 11 is 0. The highest BCUT2D eigenvalue weighted by Gasteiger charge is 2.33. The molecule has 102 valence electrons. The molecule has 1 fully saturated rings. The van der Waals surface area contributed by atoms with E-state index in [1.54, 1.807) is 4.90 Å². The van der Waals surface area contributed by atoms with Gasteiger partial charge in [-0.1, -0.05) is 29.8 Å². The van der Waals surface area contributed by atoms with Crippen molar-refractivity contribution < 1.29 is 9.59 Å². The Kier molecular flexibility index (Phi) is 4.20. The molecule has 4 heteroatoms. The van der Waals surface area contributed by atoms with Crippen molar-refractivity contribution in [2.24, 2.45) is 5.92 Å². The number of amides is 2. The van der Waals surface area contributed by atoms with Gasteiger partial charge in [0.1, 0.15) is 0 Å². The molecule has 1 aromatic rings. The minimum absolute atomic E-state index is 0.0118. The van der Waals surface area contributed by atoms with E-state index in [0.29, 0.717) is 26.1 Å². The van der Waals surface area contributed by atoms with Crippen LogP contribution in [-0.4, -0.2) is 29.8 Å². The van der Waals surface area contributed by atoms with E-state index in [1.165, 1.54) is 5.56 Å². The van der Waals surface area contributed by atoms with Crippen molar-refractivity contribution in [3.63, 3.8) is 0 Å². The Balaban J connectivity index is 1.96. The summed E-state index contributed by atoms with van der Waals surface area (Å²) in [6.07, 6.45) is 0.331. The van der Waals surface area contributed by atoms with E-state index >= 15 is 0 Å². The van der Waals surface area contributed by atoms with Crippen LogP contribution in [0.2, 0.25) is 0 Å². The molecule has 19 heavy (non-hydrogen) atoms. The number of carbonyl (C=O) groups excluding carboxylic acids is 2. The number of benzene rings is 1. The van der Waals surface area contributed by atoms with Gasteiger partial charge >= 0.3 is 0 Å². The molecule has 0 bridgehead atoms. The lowest BCUT2D eigenvalue weighted by molar-refractivity contribution is -0.129. The highest BCUT2D eigenvalue weighted by atomic mass is 16.2. The number of rotatable bonds is 4. The number of hydrogen-bond donors (Lipinski definition) is 1. The zero-order chi connectivity index (χ0) is 13.8. The molecule has 1 heterocycles. The first kappa shape index (κ1) is 13.6. The van der Waals surface area contributed by atoms with Gasteiger partial charge in [-0.25, -0.2) is 0 Å². The van der Waals surface area contributed by atoms with E-state index in [2.05, 4.69) is 5.32 Å². The maximum absolute atomic E-state index is 11.9. The van der Waals surface area contributed by atoms with E-state index < -0.39 is 0 Å². The fraction of sp³-hybridized carbons (Fsp3) is 0.467. The predicted octanol–water partition coefficient (Wildman–Crippen LogP) is 1.48. The van der Waals surface area contributed by atoms with Gasteiger partial charge < -0.3 is 10.2 Å². The number of nitrogens with one attached hydrogen (secondary N) is 1. The molecule has 1 atom stereocenters. The molecule has 1 unspecified atom stereocenters. The summed E-state index contributed by atoms with van der Waals surface area (Å²) in [5, 5.41) is 2.78. The molecule has 1 aliphatic rings. The maximum atomic E-state index is 11.9. The second-order valence-electron chi connectivity index (χ2n) is 5.06. The zero-order valence-electron chi connectivity index (χ0n) is 11.5. The molecular weight excluding hydrogens is 240 g/mol. The van der Waals surface area contributed by atoms with Gasteiger partial charge in [0.15, 0.2) is 0 Å². The fourth-order valence-corrected chi connectivity index (χ4v) is 2.33. The third-order valence-corrected chi connectivity index (χ3v) is 3.43. The monoisotopic (exact) mass is 260 g/mol. The Bertz CT molecular complexity index is 468. The molecule has 0 spiro atoms. The number of aryl methyl sites for hydroxylation is 1. The van der Waals surface area contributed by atoms with Crippen LogP contribution in [-0.2, 0) is 16.1 Å². The van der Waals surface area contributed by atoms with Crippen LogP contribution in [0, 0.1) is 12.8 Å². The van der Waals surface area contributed by atoms with Crippen LogP contribution in [0.1, 0.15) is 24.5 Å². The Morgan fingerprint density at radius 1 is 1.37 bits per heavy atom. The van der Waals surface area contributed by atoms with Crippen LogP contribution in [0.4, 0.5) is 0 Å². The van der Waals surface area contributed by atoms with Gasteiger partial charge in [-0.2, -0.15) is 0 Å². The molecule has 1 saturated heterocycles. The maximum Gasteiger partial charge on any atom is 0.225 e. The van der Waals surface area contributed by atoms with Crippen molar-refractivity contribution in [3.05, 3.63) is 35.4 Å².